The molecule has 6 heteroatoms. The quantitative estimate of drug-likeness (QED) is 0.820. The summed E-state index contributed by atoms with van der Waals surface area (Å²) < 4.78 is 0. The van der Waals surface area contributed by atoms with E-state index in [2.05, 4.69) is 11.4 Å². The summed E-state index contributed by atoms with van der Waals surface area (Å²) in [6.45, 7) is 2.03. The molecule has 0 spiro atoms. The van der Waals surface area contributed by atoms with Crippen LogP contribution >= 0.6 is 22.7 Å². The van der Waals surface area contributed by atoms with Crippen molar-refractivity contribution in [1.29, 1.82) is 15.8 Å². The Hall–Kier alpha value is -2.85. The minimum absolute atomic E-state index is 0.0666. The van der Waals surface area contributed by atoms with Crippen molar-refractivity contribution in [3.8, 4) is 18.2 Å². The van der Waals surface area contributed by atoms with E-state index in [4.69, 9.17) is 0 Å². The van der Waals surface area contributed by atoms with Gasteiger partial charge in [0.1, 0.15) is 18.2 Å². The molecule has 24 heavy (non-hydrogen) atoms. The van der Waals surface area contributed by atoms with Gasteiger partial charge in [-0.3, -0.25) is 0 Å². The number of rotatable bonds is 2. The zero-order valence-electron chi connectivity index (χ0n) is 12.8. The minimum Gasteiger partial charge on any atom is -0.372 e. The fourth-order valence-electron chi connectivity index (χ4n) is 2.82. The lowest BCUT2D eigenvalue weighted by Crippen LogP contribution is -2.42. The highest BCUT2D eigenvalue weighted by Gasteiger charge is 2.38. The van der Waals surface area contributed by atoms with E-state index in [9.17, 15) is 15.8 Å². The fraction of sp³-hybridized carbons (Fsp3) is 0.167. The topological polar surface area (TPSA) is 83.4 Å². The van der Waals surface area contributed by atoms with Crippen molar-refractivity contribution in [3.63, 3.8) is 0 Å². The van der Waals surface area contributed by atoms with Gasteiger partial charge in [0.15, 0.2) is 5.57 Å². The Bertz CT molecular complexity index is 928. The van der Waals surface area contributed by atoms with Gasteiger partial charge in [-0.05, 0) is 35.4 Å². The lowest BCUT2D eigenvalue weighted by atomic mass is 9.82. The van der Waals surface area contributed by atoms with E-state index in [0.717, 1.165) is 15.3 Å². The first-order valence-corrected chi connectivity index (χ1v) is 8.93. The third-order valence-corrected chi connectivity index (χ3v) is 6.02. The molecule has 0 radical (unpaired) electrons. The highest BCUT2D eigenvalue weighted by atomic mass is 32.1. The predicted molar refractivity (Wildman–Crippen MR) is 94.5 cm³/mol. The van der Waals surface area contributed by atoms with Crippen LogP contribution in [0, 0.1) is 34.0 Å². The van der Waals surface area contributed by atoms with Gasteiger partial charge in [0, 0.05) is 16.2 Å². The standard InChI is InChI=1S/C18H12N4S2/c1-18(16-5-3-7-24-16)8-13(15-4-2-6-23-15)14(11-21)17(22-18)12(9-19)10-20/h2-7,22H,8H2,1H3/t18-/m1/s1. The molecule has 0 fully saturated rings. The second kappa shape index (κ2) is 6.34. The first kappa shape index (κ1) is 16.0. The lowest BCUT2D eigenvalue weighted by Gasteiger charge is -2.37. The molecule has 0 amide bonds. The number of nitrogens with one attached hydrogen (secondary N) is 1. The van der Waals surface area contributed by atoms with E-state index in [-0.39, 0.29) is 5.57 Å². The highest BCUT2D eigenvalue weighted by molar-refractivity contribution is 7.11. The second-order valence-corrected chi connectivity index (χ2v) is 7.42. The Kier molecular flexibility index (Phi) is 4.23. The summed E-state index contributed by atoms with van der Waals surface area (Å²) in [6, 6.07) is 13.9. The van der Waals surface area contributed by atoms with E-state index in [1.807, 2.05) is 54.1 Å². The van der Waals surface area contributed by atoms with Crippen LogP contribution in [0.15, 0.2) is 51.9 Å². The van der Waals surface area contributed by atoms with Crippen LogP contribution in [0.25, 0.3) is 5.57 Å². The van der Waals surface area contributed by atoms with E-state index in [1.165, 1.54) is 0 Å². The van der Waals surface area contributed by atoms with E-state index >= 15 is 0 Å². The Morgan fingerprint density at radius 2 is 1.83 bits per heavy atom. The number of thiophene rings is 2. The molecular formula is C18H12N4S2. The molecule has 3 rings (SSSR count). The molecule has 3 heterocycles. The van der Waals surface area contributed by atoms with Gasteiger partial charge in [-0.25, -0.2) is 0 Å². The highest BCUT2D eigenvalue weighted by Crippen LogP contribution is 2.44. The van der Waals surface area contributed by atoms with Crippen LogP contribution < -0.4 is 5.32 Å². The smallest absolute Gasteiger partial charge is 0.154 e. The first-order valence-electron chi connectivity index (χ1n) is 7.17. The van der Waals surface area contributed by atoms with Gasteiger partial charge in [0.2, 0.25) is 0 Å². The van der Waals surface area contributed by atoms with Crippen molar-refractivity contribution < 1.29 is 0 Å². The van der Waals surface area contributed by atoms with E-state index < -0.39 is 5.54 Å². The maximum Gasteiger partial charge on any atom is 0.154 e. The number of nitrogens with zero attached hydrogens (tertiary/aromatic N) is 3. The summed E-state index contributed by atoms with van der Waals surface area (Å²) in [5, 5.41) is 35.6. The lowest BCUT2D eigenvalue weighted by molar-refractivity contribution is 0.415. The molecule has 0 aromatic carbocycles. The van der Waals surface area contributed by atoms with Crippen molar-refractivity contribution in [3.05, 3.63) is 61.6 Å². The Balaban J connectivity index is 2.28. The molecule has 0 bridgehead atoms. The summed E-state index contributed by atoms with van der Waals surface area (Å²) in [7, 11) is 0. The molecule has 2 aromatic rings. The third-order valence-electron chi connectivity index (χ3n) is 3.95. The maximum absolute atomic E-state index is 9.68. The van der Waals surface area contributed by atoms with Crippen LogP contribution in [0.3, 0.4) is 0 Å². The van der Waals surface area contributed by atoms with Crippen LogP contribution in [-0.4, -0.2) is 0 Å². The van der Waals surface area contributed by atoms with E-state index in [0.29, 0.717) is 17.7 Å². The first-order chi connectivity index (χ1) is 11.6. The monoisotopic (exact) mass is 348 g/mol. The van der Waals surface area contributed by atoms with E-state index in [1.54, 1.807) is 22.7 Å². The number of nitriles is 3. The van der Waals surface area contributed by atoms with Crippen LogP contribution in [-0.2, 0) is 5.54 Å². The normalized spacial score (nSPS) is 19.8. The largest absolute Gasteiger partial charge is 0.372 e. The van der Waals surface area contributed by atoms with Gasteiger partial charge in [-0.2, -0.15) is 15.8 Å². The molecule has 0 saturated carbocycles. The summed E-state index contributed by atoms with van der Waals surface area (Å²) in [5.74, 6) is 0. The Morgan fingerprint density at radius 1 is 1.12 bits per heavy atom. The molecule has 1 aliphatic rings. The van der Waals surface area contributed by atoms with Crippen molar-refractivity contribution >= 4 is 28.2 Å². The molecule has 0 aliphatic carbocycles. The third kappa shape index (κ3) is 2.61. The molecule has 116 valence electrons. The molecule has 1 aliphatic heterocycles. The van der Waals surface area contributed by atoms with Gasteiger partial charge >= 0.3 is 0 Å². The summed E-state index contributed by atoms with van der Waals surface area (Å²) in [6.07, 6.45) is 0.616. The molecule has 0 unspecified atom stereocenters. The Morgan fingerprint density at radius 3 is 2.38 bits per heavy atom. The second-order valence-electron chi connectivity index (χ2n) is 5.53. The average molecular weight is 348 g/mol. The van der Waals surface area contributed by atoms with Crippen LogP contribution in [0.5, 0.6) is 0 Å². The number of allylic oxidation sites excluding steroid dienone is 2. The molecule has 0 saturated heterocycles. The average Bonchev–Trinajstić information content (AvgIpc) is 3.29. The number of hydrogen-bond acceptors (Lipinski definition) is 6. The molecular weight excluding hydrogens is 336 g/mol. The van der Waals surface area contributed by atoms with Gasteiger partial charge < -0.3 is 5.32 Å². The van der Waals surface area contributed by atoms with Gasteiger partial charge in [0.25, 0.3) is 0 Å². The summed E-state index contributed by atoms with van der Waals surface area (Å²) >= 11 is 3.17. The van der Waals surface area contributed by atoms with Crippen molar-refractivity contribution in [2.24, 2.45) is 0 Å². The number of hydrogen-bond donors (Lipinski definition) is 1. The van der Waals surface area contributed by atoms with Crippen molar-refractivity contribution in [1.82, 2.24) is 5.32 Å². The molecule has 4 nitrogen and oxygen atoms in total. The predicted octanol–water partition coefficient (Wildman–Crippen LogP) is 4.30. The van der Waals surface area contributed by atoms with Gasteiger partial charge in [0.05, 0.1) is 16.8 Å². The summed E-state index contributed by atoms with van der Waals surface area (Å²) in [5.41, 5.74) is 1.04. The SMILES string of the molecule is C[C@]1(c2cccs2)CC(c2cccs2)=C(C#N)C(=C(C#N)C#N)N1. The van der Waals surface area contributed by atoms with Crippen LogP contribution in [0.4, 0.5) is 0 Å². The van der Waals surface area contributed by atoms with Crippen molar-refractivity contribution in [2.75, 3.05) is 0 Å². The maximum atomic E-state index is 9.68. The Labute approximate surface area is 148 Å². The fourth-order valence-corrected chi connectivity index (χ4v) is 4.45. The molecule has 1 N–H and O–H groups in total. The van der Waals surface area contributed by atoms with Crippen molar-refractivity contribution in [2.45, 2.75) is 18.9 Å². The van der Waals surface area contributed by atoms with Gasteiger partial charge in [-0.15, -0.1) is 22.7 Å². The zero-order chi connectivity index (χ0) is 17.2. The summed E-state index contributed by atoms with van der Waals surface area (Å²) in [4.78, 5) is 2.09. The van der Waals surface area contributed by atoms with Gasteiger partial charge in [-0.1, -0.05) is 12.1 Å². The minimum atomic E-state index is -0.470. The zero-order valence-corrected chi connectivity index (χ0v) is 14.5. The molecule has 2 aromatic heterocycles. The van der Waals surface area contributed by atoms with Crippen LogP contribution in [0.2, 0.25) is 0 Å². The molecule has 1 atom stereocenters. The van der Waals surface area contributed by atoms with Crippen LogP contribution in [0.1, 0.15) is 23.1 Å².